The molecule has 1 saturated heterocycles. The van der Waals surface area contributed by atoms with Crippen molar-refractivity contribution in [3.05, 3.63) is 30.6 Å². The number of nitrogens with zero attached hydrogens (tertiary/aromatic N) is 6. The highest BCUT2D eigenvalue weighted by molar-refractivity contribution is 5.95. The number of alkyl halides is 2. The van der Waals surface area contributed by atoms with Crippen molar-refractivity contribution in [1.29, 1.82) is 0 Å². The highest BCUT2D eigenvalue weighted by Gasteiger charge is 2.41. The number of fused-ring (bicyclic) bond motifs is 3. The number of amides is 1. The van der Waals surface area contributed by atoms with E-state index in [-0.39, 0.29) is 5.91 Å². The number of carbonyl (C=O) groups is 1. The Balaban J connectivity index is 1.21. The van der Waals surface area contributed by atoms with E-state index in [2.05, 4.69) is 30.6 Å². The second kappa shape index (κ2) is 8.00. The number of hydrogen-bond acceptors (Lipinski definition) is 6. The van der Waals surface area contributed by atoms with Gasteiger partial charge in [-0.15, -0.1) is 5.10 Å². The molecule has 1 unspecified atom stereocenters. The van der Waals surface area contributed by atoms with Gasteiger partial charge in [0.25, 0.3) is 6.43 Å². The van der Waals surface area contributed by atoms with E-state index in [0.717, 1.165) is 42.4 Å². The third kappa shape index (κ3) is 3.64. The van der Waals surface area contributed by atoms with Gasteiger partial charge in [0.1, 0.15) is 17.7 Å². The number of halogens is 2. The molecule has 1 saturated carbocycles. The van der Waals surface area contributed by atoms with E-state index in [4.69, 9.17) is 0 Å². The van der Waals surface area contributed by atoms with Crippen LogP contribution in [0.5, 0.6) is 0 Å². The molecule has 9 nitrogen and oxygen atoms in total. The molecule has 11 heteroatoms. The number of aromatic nitrogens is 6. The van der Waals surface area contributed by atoms with Crippen LogP contribution in [0.15, 0.2) is 30.6 Å². The summed E-state index contributed by atoms with van der Waals surface area (Å²) in [4.78, 5) is 26.0. The molecule has 0 spiro atoms. The molecule has 2 fully saturated rings. The summed E-state index contributed by atoms with van der Waals surface area (Å²) in [5.74, 6) is 1.79. The number of carbonyl (C=O) groups excluding carboxylic acids is 1. The fourth-order valence-electron chi connectivity index (χ4n) is 5.47. The van der Waals surface area contributed by atoms with Gasteiger partial charge in [0, 0.05) is 49.4 Å². The third-order valence-corrected chi connectivity index (χ3v) is 7.10. The van der Waals surface area contributed by atoms with Crippen LogP contribution in [-0.4, -0.2) is 66.3 Å². The van der Waals surface area contributed by atoms with Gasteiger partial charge in [-0.05, 0) is 42.4 Å². The molecule has 0 bridgehead atoms. The van der Waals surface area contributed by atoms with Crippen LogP contribution in [0.1, 0.15) is 19.8 Å². The summed E-state index contributed by atoms with van der Waals surface area (Å²) in [6.45, 7) is 2.82. The van der Waals surface area contributed by atoms with E-state index < -0.39 is 13.0 Å². The topological polar surface area (TPSA) is 105 Å². The van der Waals surface area contributed by atoms with Crippen molar-refractivity contribution in [3.63, 3.8) is 0 Å². The summed E-state index contributed by atoms with van der Waals surface area (Å²) in [5.41, 5.74) is 3.56. The van der Waals surface area contributed by atoms with Gasteiger partial charge in [0.2, 0.25) is 11.9 Å². The van der Waals surface area contributed by atoms with Gasteiger partial charge in [-0.3, -0.25) is 4.79 Å². The zero-order valence-corrected chi connectivity index (χ0v) is 18.6. The Morgan fingerprint density at radius 1 is 1.26 bits per heavy atom. The monoisotopic (exact) mass is 466 g/mol. The Bertz CT molecular complexity index is 1370. The molecule has 3 aromatic heterocycles. The molecule has 1 aromatic carbocycles. The molecular weight excluding hydrogens is 442 g/mol. The molecule has 176 valence electrons. The molecule has 1 aliphatic carbocycles. The minimum atomic E-state index is -2.51. The Morgan fingerprint density at radius 3 is 2.79 bits per heavy atom. The Hall–Kier alpha value is -3.63. The Labute approximate surface area is 193 Å². The first-order chi connectivity index (χ1) is 16.4. The summed E-state index contributed by atoms with van der Waals surface area (Å²) >= 11 is 0. The van der Waals surface area contributed by atoms with Gasteiger partial charge >= 0.3 is 0 Å². The molecule has 2 N–H and O–H groups in total. The number of rotatable bonds is 5. The molecule has 1 amide bonds. The van der Waals surface area contributed by atoms with Crippen LogP contribution < -0.4 is 5.32 Å². The number of aromatic amines is 1. The average molecular weight is 466 g/mol. The van der Waals surface area contributed by atoms with Crippen LogP contribution in [0.4, 0.5) is 14.7 Å². The van der Waals surface area contributed by atoms with Gasteiger partial charge in [-0.1, -0.05) is 11.3 Å². The first-order valence-corrected chi connectivity index (χ1v) is 11.4. The number of H-pyrrole nitrogens is 1. The van der Waals surface area contributed by atoms with Crippen molar-refractivity contribution in [3.8, 4) is 11.1 Å². The van der Waals surface area contributed by atoms with Crippen molar-refractivity contribution in [2.75, 3.05) is 18.4 Å². The van der Waals surface area contributed by atoms with E-state index >= 15 is 0 Å². The second-order valence-electron chi connectivity index (χ2n) is 9.28. The minimum Gasteiger partial charge on any atom is -0.351 e. The molecule has 6 rings (SSSR count). The van der Waals surface area contributed by atoms with Crippen molar-refractivity contribution in [2.45, 2.75) is 38.8 Å². The normalized spacial score (nSPS) is 22.2. The maximum Gasteiger partial charge on any atom is 0.258 e. The first kappa shape index (κ1) is 20.9. The standard InChI is InChI=1S/C23H24F2N8O/c1-12(34)32-9-14-4-16(5-15(14)10-32)28-23-27-8-18-17(7-26-22(18)29-23)13-2-3-19-20(6-13)33(31-30-19)11-21(24)25/h2-3,6-8,14-16,21H,4-5,9-11H2,1H3,(H2,26,27,28,29)/t14-,15+,16?. The van der Waals surface area contributed by atoms with Gasteiger partial charge in [-0.2, -0.15) is 4.98 Å². The molecule has 2 aliphatic rings. The van der Waals surface area contributed by atoms with Gasteiger partial charge in [0.15, 0.2) is 0 Å². The van der Waals surface area contributed by atoms with Crippen molar-refractivity contribution in [1.82, 2.24) is 34.8 Å². The van der Waals surface area contributed by atoms with Crippen LogP contribution in [-0.2, 0) is 11.3 Å². The van der Waals surface area contributed by atoms with Crippen LogP contribution in [0, 0.1) is 11.8 Å². The fraction of sp³-hybridized carbons (Fsp3) is 0.435. The zero-order chi connectivity index (χ0) is 23.4. The van der Waals surface area contributed by atoms with E-state index in [1.807, 2.05) is 23.2 Å². The van der Waals surface area contributed by atoms with Crippen molar-refractivity contribution < 1.29 is 13.6 Å². The van der Waals surface area contributed by atoms with Crippen LogP contribution >= 0.6 is 0 Å². The molecule has 4 aromatic rings. The second-order valence-corrected chi connectivity index (χ2v) is 9.28. The molecule has 0 radical (unpaired) electrons. The highest BCUT2D eigenvalue weighted by atomic mass is 19.3. The van der Waals surface area contributed by atoms with Crippen molar-refractivity contribution >= 4 is 33.9 Å². The predicted molar refractivity (Wildman–Crippen MR) is 122 cm³/mol. The van der Waals surface area contributed by atoms with E-state index in [1.165, 1.54) is 4.68 Å². The summed E-state index contributed by atoms with van der Waals surface area (Å²) in [5, 5.41) is 12.1. The van der Waals surface area contributed by atoms with E-state index in [0.29, 0.717) is 40.5 Å². The molecule has 4 heterocycles. The van der Waals surface area contributed by atoms with E-state index in [1.54, 1.807) is 19.2 Å². The van der Waals surface area contributed by atoms with Gasteiger partial charge in [0.05, 0.1) is 5.52 Å². The SMILES string of the molecule is CC(=O)N1C[C@H]2CC(Nc3ncc4c(-c5ccc6nnn(CC(F)F)c6c5)c[nH]c4n3)C[C@H]2C1. The van der Waals surface area contributed by atoms with Gasteiger partial charge < -0.3 is 15.2 Å². The lowest BCUT2D eigenvalue weighted by Crippen LogP contribution is -2.29. The lowest BCUT2D eigenvalue weighted by atomic mass is 10.0. The largest absolute Gasteiger partial charge is 0.351 e. The lowest BCUT2D eigenvalue weighted by Gasteiger charge is -2.18. The van der Waals surface area contributed by atoms with Crippen LogP contribution in [0.25, 0.3) is 33.2 Å². The lowest BCUT2D eigenvalue weighted by molar-refractivity contribution is -0.128. The minimum absolute atomic E-state index is 0.157. The third-order valence-electron chi connectivity index (χ3n) is 7.10. The van der Waals surface area contributed by atoms with Crippen LogP contribution in [0.3, 0.4) is 0 Å². The average Bonchev–Trinajstić information content (AvgIpc) is 3.55. The summed E-state index contributed by atoms with van der Waals surface area (Å²) in [6, 6.07) is 5.77. The Kier molecular flexibility index (Phi) is 4.93. The Morgan fingerprint density at radius 2 is 2.06 bits per heavy atom. The smallest absolute Gasteiger partial charge is 0.258 e. The summed E-state index contributed by atoms with van der Waals surface area (Å²) in [7, 11) is 0. The molecule has 34 heavy (non-hydrogen) atoms. The number of benzene rings is 1. The number of hydrogen-bond donors (Lipinski definition) is 2. The summed E-state index contributed by atoms with van der Waals surface area (Å²) < 4.78 is 27.0. The molecule has 3 atom stereocenters. The predicted octanol–water partition coefficient (Wildman–Crippen LogP) is 3.30. The van der Waals surface area contributed by atoms with Gasteiger partial charge in [-0.25, -0.2) is 18.4 Å². The highest BCUT2D eigenvalue weighted by Crippen LogP contribution is 2.39. The van der Waals surface area contributed by atoms with Crippen LogP contribution in [0.2, 0.25) is 0 Å². The fourth-order valence-corrected chi connectivity index (χ4v) is 5.47. The molecule has 1 aliphatic heterocycles. The maximum atomic E-state index is 12.9. The zero-order valence-electron chi connectivity index (χ0n) is 18.6. The number of likely N-dealkylation sites (tertiary alicyclic amines) is 1. The van der Waals surface area contributed by atoms with Crippen molar-refractivity contribution in [2.24, 2.45) is 11.8 Å². The van der Waals surface area contributed by atoms with E-state index in [9.17, 15) is 13.6 Å². The maximum absolute atomic E-state index is 12.9. The quantitative estimate of drug-likeness (QED) is 0.468. The summed E-state index contributed by atoms with van der Waals surface area (Å²) in [6.07, 6.45) is 3.14. The number of nitrogens with one attached hydrogen (secondary N) is 2. The first-order valence-electron chi connectivity index (χ1n) is 11.4. The number of anilines is 1. The molecular formula is C23H24F2N8O.